The lowest BCUT2D eigenvalue weighted by Gasteiger charge is -2.20. The fraction of sp³-hybridized carbons (Fsp3) is 0.0606. The third kappa shape index (κ3) is 3.71. The third-order valence-corrected chi connectivity index (χ3v) is 7.12. The Morgan fingerprint density at radius 1 is 0.675 bits per heavy atom. The van der Waals surface area contributed by atoms with Gasteiger partial charge in [-0.1, -0.05) is 42.5 Å². The summed E-state index contributed by atoms with van der Waals surface area (Å²) in [6.45, 7) is 0.727. The second kappa shape index (κ2) is 8.81. The molecule has 7 heteroatoms. The Bertz CT molecular complexity index is 2080. The number of benzene rings is 4. The molecule has 4 aromatic carbocycles. The molecule has 1 aliphatic rings. The Kier molecular flexibility index (Phi) is 4.97. The van der Waals surface area contributed by atoms with E-state index in [1.54, 1.807) is 6.20 Å². The van der Waals surface area contributed by atoms with Crippen LogP contribution in [0, 0.1) is 0 Å². The average Bonchev–Trinajstić information content (AvgIpc) is 3.67. The lowest BCUT2D eigenvalue weighted by atomic mass is 10.1. The van der Waals surface area contributed by atoms with Gasteiger partial charge < -0.3 is 28.1 Å². The van der Waals surface area contributed by atoms with Crippen molar-refractivity contribution >= 4 is 49.6 Å². The molecule has 0 unspecified atom stereocenters. The zero-order valence-corrected chi connectivity index (χ0v) is 21.6. The number of hydrogen-bond acceptors (Lipinski definition) is 7. The lowest BCUT2D eigenvalue weighted by Crippen LogP contribution is -2.21. The first-order valence-corrected chi connectivity index (χ1v) is 13.0. The summed E-state index contributed by atoms with van der Waals surface area (Å²) in [5, 5.41) is 3.95. The SMILES string of the molecule is CN1C=CN(c2cc(Oc3cc(Oc4ccccn4)c4c(c3)oc3ccccc34)cc3oc4ccccc4c23)C1. The van der Waals surface area contributed by atoms with Gasteiger partial charge >= 0.3 is 0 Å². The highest BCUT2D eigenvalue weighted by atomic mass is 16.5. The molecule has 0 amide bonds. The van der Waals surface area contributed by atoms with Gasteiger partial charge in [0, 0.05) is 66.7 Å². The molecule has 3 aromatic heterocycles. The van der Waals surface area contributed by atoms with Crippen LogP contribution in [0.1, 0.15) is 0 Å². The minimum absolute atomic E-state index is 0.488. The van der Waals surface area contributed by atoms with Crippen LogP contribution in [0.2, 0.25) is 0 Å². The minimum Gasteiger partial charge on any atom is -0.457 e. The molecule has 40 heavy (non-hydrogen) atoms. The highest BCUT2D eigenvalue weighted by Crippen LogP contribution is 2.44. The lowest BCUT2D eigenvalue weighted by molar-refractivity contribution is 0.453. The fourth-order valence-electron chi connectivity index (χ4n) is 5.37. The van der Waals surface area contributed by atoms with Gasteiger partial charge in [0.05, 0.1) is 23.1 Å². The maximum atomic E-state index is 6.51. The van der Waals surface area contributed by atoms with Crippen LogP contribution in [0.4, 0.5) is 5.69 Å². The fourth-order valence-corrected chi connectivity index (χ4v) is 5.37. The summed E-state index contributed by atoms with van der Waals surface area (Å²) in [6, 6.07) is 29.3. The zero-order valence-electron chi connectivity index (χ0n) is 21.6. The van der Waals surface area contributed by atoms with Crippen LogP contribution in [0.15, 0.2) is 118 Å². The van der Waals surface area contributed by atoms with Crippen LogP contribution in [0.25, 0.3) is 43.9 Å². The van der Waals surface area contributed by atoms with Gasteiger partial charge in [-0.2, -0.15) is 0 Å². The number of ether oxygens (including phenoxy) is 2. The molecule has 0 bridgehead atoms. The summed E-state index contributed by atoms with van der Waals surface area (Å²) in [6.07, 6.45) is 5.83. The molecule has 0 saturated heterocycles. The number of para-hydroxylation sites is 2. The maximum absolute atomic E-state index is 6.51. The highest BCUT2D eigenvalue weighted by molar-refractivity contribution is 6.12. The first-order valence-electron chi connectivity index (χ1n) is 13.0. The first-order chi connectivity index (χ1) is 19.7. The van der Waals surface area contributed by atoms with Crippen molar-refractivity contribution in [1.82, 2.24) is 9.88 Å². The number of fused-ring (bicyclic) bond motifs is 6. The third-order valence-electron chi connectivity index (χ3n) is 7.12. The van der Waals surface area contributed by atoms with Crippen molar-refractivity contribution in [3.05, 3.63) is 110 Å². The smallest absolute Gasteiger partial charge is 0.219 e. The summed E-state index contributed by atoms with van der Waals surface area (Å²) in [5.74, 6) is 2.31. The van der Waals surface area contributed by atoms with Crippen LogP contribution >= 0.6 is 0 Å². The molecular formula is C33H23N3O4. The normalized spacial score (nSPS) is 13.3. The second-order valence-electron chi connectivity index (χ2n) is 9.84. The van der Waals surface area contributed by atoms with Crippen molar-refractivity contribution in [2.45, 2.75) is 0 Å². The van der Waals surface area contributed by atoms with E-state index in [4.69, 9.17) is 18.3 Å². The van der Waals surface area contributed by atoms with Crippen LogP contribution in [-0.4, -0.2) is 23.6 Å². The molecule has 4 heterocycles. The zero-order chi connectivity index (χ0) is 26.6. The van der Waals surface area contributed by atoms with E-state index in [1.807, 2.05) is 85.9 Å². The van der Waals surface area contributed by atoms with E-state index in [2.05, 4.69) is 39.3 Å². The Labute approximate surface area is 229 Å². The van der Waals surface area contributed by atoms with Gasteiger partial charge in [-0.05, 0) is 18.2 Å². The molecule has 7 nitrogen and oxygen atoms in total. The van der Waals surface area contributed by atoms with Gasteiger partial charge in [0.2, 0.25) is 5.88 Å². The Hall–Kier alpha value is -5.43. The van der Waals surface area contributed by atoms with E-state index in [0.717, 1.165) is 50.7 Å². The number of furan rings is 2. The van der Waals surface area contributed by atoms with E-state index >= 15 is 0 Å². The van der Waals surface area contributed by atoms with Crippen molar-refractivity contribution in [1.29, 1.82) is 0 Å². The molecule has 0 aliphatic carbocycles. The second-order valence-corrected chi connectivity index (χ2v) is 9.84. The molecule has 0 radical (unpaired) electrons. The van der Waals surface area contributed by atoms with Crippen molar-refractivity contribution in [2.24, 2.45) is 0 Å². The molecule has 7 aromatic rings. The maximum Gasteiger partial charge on any atom is 0.219 e. The van der Waals surface area contributed by atoms with E-state index in [1.165, 1.54) is 0 Å². The van der Waals surface area contributed by atoms with Crippen LogP contribution in [-0.2, 0) is 0 Å². The number of rotatable bonds is 5. The molecular weight excluding hydrogens is 502 g/mol. The number of hydrogen-bond donors (Lipinski definition) is 0. The van der Waals surface area contributed by atoms with Crippen LogP contribution in [0.3, 0.4) is 0 Å². The van der Waals surface area contributed by atoms with Crippen molar-refractivity contribution in [2.75, 3.05) is 18.6 Å². The summed E-state index contributed by atoms with van der Waals surface area (Å²) in [5.41, 5.74) is 4.04. The Morgan fingerprint density at radius 2 is 1.35 bits per heavy atom. The number of aromatic nitrogens is 1. The van der Waals surface area contributed by atoms with Gasteiger partial charge in [0.25, 0.3) is 0 Å². The predicted octanol–water partition coefficient (Wildman–Crippen LogP) is 8.65. The summed E-state index contributed by atoms with van der Waals surface area (Å²) in [4.78, 5) is 8.67. The van der Waals surface area contributed by atoms with Gasteiger partial charge in [0.15, 0.2) is 0 Å². The Balaban J connectivity index is 1.28. The van der Waals surface area contributed by atoms with Crippen LogP contribution in [0.5, 0.6) is 23.1 Å². The molecule has 0 fully saturated rings. The van der Waals surface area contributed by atoms with Crippen molar-refractivity contribution in [3.8, 4) is 23.1 Å². The van der Waals surface area contributed by atoms with E-state index in [0.29, 0.717) is 28.7 Å². The summed E-state index contributed by atoms with van der Waals surface area (Å²) < 4.78 is 25.3. The quantitative estimate of drug-likeness (QED) is 0.223. The molecule has 8 rings (SSSR count). The monoisotopic (exact) mass is 525 g/mol. The van der Waals surface area contributed by atoms with E-state index < -0.39 is 0 Å². The van der Waals surface area contributed by atoms with Gasteiger partial charge in [-0.25, -0.2) is 4.98 Å². The van der Waals surface area contributed by atoms with Crippen molar-refractivity contribution < 1.29 is 18.3 Å². The van der Waals surface area contributed by atoms with Gasteiger partial charge in [0.1, 0.15) is 39.6 Å². The number of anilines is 1. The number of nitrogens with zero attached hydrogens (tertiary/aromatic N) is 3. The first kappa shape index (κ1) is 22.5. The van der Waals surface area contributed by atoms with E-state index in [9.17, 15) is 0 Å². The van der Waals surface area contributed by atoms with E-state index in [-0.39, 0.29) is 0 Å². The largest absolute Gasteiger partial charge is 0.457 e. The molecule has 194 valence electrons. The number of pyridine rings is 1. The summed E-state index contributed by atoms with van der Waals surface area (Å²) >= 11 is 0. The molecule has 0 saturated carbocycles. The molecule has 0 spiro atoms. The standard InChI is InChI=1S/C33H23N3O4/c1-35-14-15-36(20-35)25-16-21(17-28-32(25)23-8-2-4-10-26(23)38-28)37-22-18-29-33(24-9-3-5-11-27(24)39-29)30(19-22)40-31-12-6-7-13-34-31/h2-19H,20H2,1H3. The average molecular weight is 526 g/mol. The van der Waals surface area contributed by atoms with Gasteiger partial charge in [-0.3, -0.25) is 0 Å². The minimum atomic E-state index is 0.488. The predicted molar refractivity (Wildman–Crippen MR) is 156 cm³/mol. The summed E-state index contributed by atoms with van der Waals surface area (Å²) in [7, 11) is 2.05. The van der Waals surface area contributed by atoms with Crippen molar-refractivity contribution in [3.63, 3.8) is 0 Å². The highest BCUT2D eigenvalue weighted by Gasteiger charge is 2.21. The van der Waals surface area contributed by atoms with Crippen LogP contribution < -0.4 is 14.4 Å². The Morgan fingerprint density at radius 3 is 2.05 bits per heavy atom. The molecule has 0 atom stereocenters. The van der Waals surface area contributed by atoms with Gasteiger partial charge in [-0.15, -0.1) is 0 Å². The molecule has 0 N–H and O–H groups in total. The molecule has 1 aliphatic heterocycles. The topological polar surface area (TPSA) is 64.1 Å².